The van der Waals surface area contributed by atoms with Crippen LogP contribution in [0.3, 0.4) is 0 Å². The van der Waals surface area contributed by atoms with E-state index in [4.69, 9.17) is 0 Å². The van der Waals surface area contributed by atoms with Gasteiger partial charge in [-0.3, -0.25) is 9.59 Å². The maximum atomic E-state index is 13.4. The molecular weight excluding hydrogens is 382 g/mol. The standard InChI is InChI=1S/C23H27N3O2S/c1-4-5-17-10-12-25(13-11-17)23(28)21-19-14-29-16(3)20(19)22(27)26(24-21)18-8-6-15(2)7-9-18/h6-9,14,17H,4-5,10-13H2,1-3H3. The van der Waals surface area contributed by atoms with Crippen molar-refractivity contribution >= 4 is 28.0 Å². The summed E-state index contributed by atoms with van der Waals surface area (Å²) in [6.07, 6.45) is 4.51. The zero-order chi connectivity index (χ0) is 20.5. The average molecular weight is 410 g/mol. The molecule has 0 N–H and O–H groups in total. The van der Waals surface area contributed by atoms with Gasteiger partial charge in [0.25, 0.3) is 11.5 Å². The van der Waals surface area contributed by atoms with Crippen molar-refractivity contribution in [1.29, 1.82) is 0 Å². The van der Waals surface area contributed by atoms with Crippen LogP contribution in [0.15, 0.2) is 34.4 Å². The monoisotopic (exact) mass is 409 g/mol. The van der Waals surface area contributed by atoms with E-state index in [2.05, 4.69) is 12.0 Å². The van der Waals surface area contributed by atoms with Gasteiger partial charge in [-0.2, -0.15) is 9.78 Å². The quantitative estimate of drug-likeness (QED) is 0.627. The number of likely N-dealkylation sites (tertiary alicyclic amines) is 1. The Bertz CT molecular complexity index is 1090. The highest BCUT2D eigenvalue weighted by Gasteiger charge is 2.27. The van der Waals surface area contributed by atoms with Gasteiger partial charge in [0, 0.05) is 28.7 Å². The number of benzene rings is 1. The van der Waals surface area contributed by atoms with Crippen LogP contribution in [0.5, 0.6) is 0 Å². The van der Waals surface area contributed by atoms with Gasteiger partial charge in [0.05, 0.1) is 11.1 Å². The minimum atomic E-state index is -0.166. The number of hydrogen-bond acceptors (Lipinski definition) is 4. The lowest BCUT2D eigenvalue weighted by atomic mass is 9.92. The first kappa shape index (κ1) is 19.8. The summed E-state index contributed by atoms with van der Waals surface area (Å²) in [5.41, 5.74) is 2.02. The third kappa shape index (κ3) is 3.73. The molecule has 6 heteroatoms. The minimum Gasteiger partial charge on any atom is -0.337 e. The number of aromatic nitrogens is 2. The van der Waals surface area contributed by atoms with Crippen molar-refractivity contribution in [3.63, 3.8) is 0 Å². The number of piperidine rings is 1. The first-order valence-corrected chi connectivity index (χ1v) is 11.2. The van der Waals surface area contributed by atoms with Gasteiger partial charge in [-0.15, -0.1) is 11.3 Å². The van der Waals surface area contributed by atoms with E-state index in [1.807, 2.05) is 48.4 Å². The lowest BCUT2D eigenvalue weighted by Crippen LogP contribution is -2.39. The van der Waals surface area contributed by atoms with Gasteiger partial charge in [0.1, 0.15) is 0 Å². The van der Waals surface area contributed by atoms with Crippen LogP contribution in [-0.4, -0.2) is 33.7 Å². The third-order valence-corrected chi connectivity index (χ3v) is 6.83. The topological polar surface area (TPSA) is 55.2 Å². The summed E-state index contributed by atoms with van der Waals surface area (Å²) in [5, 5.41) is 7.75. The minimum absolute atomic E-state index is 0.0661. The average Bonchev–Trinajstić information content (AvgIpc) is 3.12. The fraction of sp³-hybridized carbons (Fsp3) is 0.435. The smallest absolute Gasteiger partial charge is 0.280 e. The van der Waals surface area contributed by atoms with E-state index in [0.29, 0.717) is 28.1 Å². The van der Waals surface area contributed by atoms with Crippen LogP contribution in [0.2, 0.25) is 0 Å². The highest BCUT2D eigenvalue weighted by molar-refractivity contribution is 7.11. The normalized spacial score (nSPS) is 15.2. The number of amides is 1. The van der Waals surface area contributed by atoms with Crippen LogP contribution in [-0.2, 0) is 0 Å². The molecule has 0 radical (unpaired) electrons. The van der Waals surface area contributed by atoms with Gasteiger partial charge in [0.2, 0.25) is 0 Å². The lowest BCUT2D eigenvalue weighted by Gasteiger charge is -2.31. The zero-order valence-electron chi connectivity index (χ0n) is 17.3. The highest BCUT2D eigenvalue weighted by Crippen LogP contribution is 2.27. The summed E-state index contributed by atoms with van der Waals surface area (Å²) >= 11 is 1.50. The summed E-state index contributed by atoms with van der Waals surface area (Å²) in [4.78, 5) is 29.4. The summed E-state index contributed by atoms with van der Waals surface area (Å²) in [6, 6.07) is 7.66. The molecule has 152 valence electrons. The van der Waals surface area contributed by atoms with E-state index in [9.17, 15) is 9.59 Å². The van der Waals surface area contributed by atoms with Crippen molar-refractivity contribution in [2.24, 2.45) is 5.92 Å². The summed E-state index contributed by atoms with van der Waals surface area (Å²) < 4.78 is 1.39. The molecule has 0 bridgehead atoms. The predicted octanol–water partition coefficient (Wildman–Crippen LogP) is 4.72. The SMILES string of the molecule is CCCC1CCN(C(=O)c2nn(-c3ccc(C)cc3)c(=O)c3c(C)scc23)CC1. The van der Waals surface area contributed by atoms with Gasteiger partial charge in [-0.05, 0) is 44.7 Å². The number of fused-ring (bicyclic) bond motifs is 1. The summed E-state index contributed by atoms with van der Waals surface area (Å²) in [6.45, 7) is 7.67. The number of hydrogen-bond donors (Lipinski definition) is 0. The Kier molecular flexibility index (Phi) is 5.54. The molecule has 1 saturated heterocycles. The van der Waals surface area contributed by atoms with Crippen LogP contribution in [0.25, 0.3) is 16.5 Å². The number of thiophene rings is 1. The fourth-order valence-corrected chi connectivity index (χ4v) is 5.04. The largest absolute Gasteiger partial charge is 0.337 e. The van der Waals surface area contributed by atoms with Crippen molar-refractivity contribution in [2.75, 3.05) is 13.1 Å². The van der Waals surface area contributed by atoms with Gasteiger partial charge in [0.15, 0.2) is 5.69 Å². The number of aryl methyl sites for hydroxylation is 2. The molecule has 0 atom stereocenters. The van der Waals surface area contributed by atoms with Gasteiger partial charge >= 0.3 is 0 Å². The highest BCUT2D eigenvalue weighted by atomic mass is 32.1. The van der Waals surface area contributed by atoms with Crippen molar-refractivity contribution in [3.05, 3.63) is 56.1 Å². The summed E-state index contributed by atoms with van der Waals surface area (Å²) in [5.74, 6) is 0.644. The Labute approximate surface area is 175 Å². The molecule has 1 amide bonds. The van der Waals surface area contributed by atoms with Crippen molar-refractivity contribution in [3.8, 4) is 5.69 Å². The molecule has 0 unspecified atom stereocenters. The second-order valence-electron chi connectivity index (χ2n) is 8.01. The van der Waals surface area contributed by atoms with E-state index in [0.717, 1.165) is 36.4 Å². The molecule has 1 aliphatic heterocycles. The maximum absolute atomic E-state index is 13.4. The Morgan fingerprint density at radius 2 is 1.86 bits per heavy atom. The molecule has 0 aliphatic carbocycles. The van der Waals surface area contributed by atoms with E-state index < -0.39 is 0 Å². The molecule has 1 aromatic carbocycles. The number of nitrogens with zero attached hydrogens (tertiary/aromatic N) is 3. The Hall–Kier alpha value is -2.47. The van der Waals surface area contributed by atoms with E-state index >= 15 is 0 Å². The maximum Gasteiger partial charge on any atom is 0.280 e. The van der Waals surface area contributed by atoms with E-state index in [-0.39, 0.29) is 11.5 Å². The Morgan fingerprint density at radius 1 is 1.17 bits per heavy atom. The first-order chi connectivity index (χ1) is 14.0. The van der Waals surface area contributed by atoms with Crippen LogP contribution in [0.1, 0.15) is 53.5 Å². The number of carbonyl (C=O) groups is 1. The van der Waals surface area contributed by atoms with Crippen molar-refractivity contribution < 1.29 is 4.79 Å². The number of rotatable bonds is 4. The fourth-order valence-electron chi connectivity index (χ4n) is 4.20. The molecule has 2 aromatic heterocycles. The van der Waals surface area contributed by atoms with E-state index in [1.165, 1.54) is 28.9 Å². The molecule has 5 nitrogen and oxygen atoms in total. The molecule has 1 fully saturated rings. The molecule has 3 heterocycles. The van der Waals surface area contributed by atoms with Gasteiger partial charge in [-0.25, -0.2) is 0 Å². The molecular formula is C23H27N3O2S. The molecule has 4 rings (SSSR count). The molecule has 1 aliphatic rings. The van der Waals surface area contributed by atoms with E-state index in [1.54, 1.807) is 0 Å². The van der Waals surface area contributed by atoms with Crippen molar-refractivity contribution in [2.45, 2.75) is 46.5 Å². The van der Waals surface area contributed by atoms with Gasteiger partial charge < -0.3 is 4.90 Å². The molecule has 29 heavy (non-hydrogen) atoms. The van der Waals surface area contributed by atoms with Crippen LogP contribution < -0.4 is 5.56 Å². The van der Waals surface area contributed by atoms with Crippen LogP contribution >= 0.6 is 11.3 Å². The zero-order valence-corrected chi connectivity index (χ0v) is 18.1. The first-order valence-electron chi connectivity index (χ1n) is 10.4. The molecule has 3 aromatic rings. The van der Waals surface area contributed by atoms with Crippen molar-refractivity contribution in [1.82, 2.24) is 14.7 Å². The molecule has 0 saturated carbocycles. The lowest BCUT2D eigenvalue weighted by molar-refractivity contribution is 0.0681. The molecule has 0 spiro atoms. The Balaban J connectivity index is 1.76. The third-order valence-electron chi connectivity index (χ3n) is 5.92. The second kappa shape index (κ2) is 8.11. The number of carbonyl (C=O) groups excluding carboxylic acids is 1. The van der Waals surface area contributed by atoms with Crippen LogP contribution in [0, 0.1) is 19.8 Å². The summed E-state index contributed by atoms with van der Waals surface area (Å²) in [7, 11) is 0. The van der Waals surface area contributed by atoms with Crippen LogP contribution in [0.4, 0.5) is 0 Å². The second-order valence-corrected chi connectivity index (χ2v) is 9.09. The Morgan fingerprint density at radius 3 is 2.52 bits per heavy atom. The van der Waals surface area contributed by atoms with Gasteiger partial charge in [-0.1, -0.05) is 37.5 Å². The predicted molar refractivity (Wildman–Crippen MR) is 118 cm³/mol.